The van der Waals surface area contributed by atoms with Crippen molar-refractivity contribution < 1.29 is 13.2 Å². The monoisotopic (exact) mass is 266 g/mol. The highest BCUT2D eigenvalue weighted by molar-refractivity contribution is 4.80. The maximum Gasteiger partial charge on any atom is 0.401 e. The molecule has 18 heavy (non-hydrogen) atoms. The normalized spacial score (nSPS) is 26.3. The Morgan fingerprint density at radius 1 is 1.17 bits per heavy atom. The highest BCUT2D eigenvalue weighted by atomic mass is 19.4. The van der Waals surface area contributed by atoms with Crippen molar-refractivity contribution in [3.05, 3.63) is 0 Å². The third-order valence-corrected chi connectivity index (χ3v) is 3.65. The number of nitrogens with two attached hydrogens (primary N) is 1. The van der Waals surface area contributed by atoms with E-state index in [0.717, 1.165) is 38.5 Å². The second kappa shape index (κ2) is 7.34. The third-order valence-electron chi connectivity index (χ3n) is 3.65. The quantitative estimate of drug-likeness (QED) is 0.774. The van der Waals surface area contributed by atoms with Crippen LogP contribution in [0.3, 0.4) is 0 Å². The van der Waals surface area contributed by atoms with E-state index >= 15 is 0 Å². The molecule has 0 aromatic carbocycles. The van der Waals surface area contributed by atoms with E-state index in [1.807, 2.05) is 6.92 Å². The molecule has 0 amide bonds. The third kappa shape index (κ3) is 6.05. The molecule has 0 aromatic heterocycles. The number of nitrogens with zero attached hydrogens (tertiary/aromatic N) is 1. The van der Waals surface area contributed by atoms with E-state index in [4.69, 9.17) is 5.73 Å². The van der Waals surface area contributed by atoms with Crippen molar-refractivity contribution in [1.82, 2.24) is 4.90 Å². The van der Waals surface area contributed by atoms with Gasteiger partial charge in [0.2, 0.25) is 0 Å². The molecule has 5 heteroatoms. The molecule has 0 spiro atoms. The molecule has 0 aliphatic heterocycles. The first-order chi connectivity index (χ1) is 8.42. The minimum atomic E-state index is -4.11. The predicted molar refractivity (Wildman–Crippen MR) is 67.3 cm³/mol. The first kappa shape index (κ1) is 15.8. The topological polar surface area (TPSA) is 29.3 Å². The second-order valence-electron chi connectivity index (χ2n) is 5.41. The molecule has 2 N–H and O–H groups in total. The van der Waals surface area contributed by atoms with Gasteiger partial charge in [0.15, 0.2) is 0 Å². The van der Waals surface area contributed by atoms with Gasteiger partial charge in [-0.3, -0.25) is 4.90 Å². The molecule has 0 bridgehead atoms. The van der Waals surface area contributed by atoms with Crippen LogP contribution in [0.1, 0.15) is 45.4 Å². The van der Waals surface area contributed by atoms with Crippen molar-refractivity contribution in [2.75, 3.05) is 19.6 Å². The van der Waals surface area contributed by atoms with Gasteiger partial charge in [0.25, 0.3) is 0 Å². The number of rotatable bonds is 5. The van der Waals surface area contributed by atoms with Crippen LogP contribution < -0.4 is 5.73 Å². The fraction of sp³-hybridized carbons (Fsp3) is 1.00. The van der Waals surface area contributed by atoms with Gasteiger partial charge in [-0.1, -0.05) is 26.2 Å². The number of hydrogen-bond donors (Lipinski definition) is 1. The molecular weight excluding hydrogens is 241 g/mol. The SMILES string of the molecule is CCCN(CC1CCCCCC1N)CC(F)(F)F. The Hall–Kier alpha value is -0.290. The lowest BCUT2D eigenvalue weighted by molar-refractivity contribution is -0.147. The molecule has 0 aromatic rings. The average molecular weight is 266 g/mol. The van der Waals surface area contributed by atoms with Crippen LogP contribution in [-0.2, 0) is 0 Å². The number of halogens is 3. The van der Waals surface area contributed by atoms with Crippen LogP contribution in [-0.4, -0.2) is 36.8 Å². The zero-order valence-corrected chi connectivity index (χ0v) is 11.2. The fourth-order valence-corrected chi connectivity index (χ4v) is 2.78. The molecular formula is C13H25F3N2. The summed E-state index contributed by atoms with van der Waals surface area (Å²) in [5.74, 6) is 0.224. The molecule has 0 heterocycles. The summed E-state index contributed by atoms with van der Waals surface area (Å²) in [7, 11) is 0. The Balaban J connectivity index is 2.52. The maximum atomic E-state index is 12.5. The molecule has 1 rings (SSSR count). The Kier molecular flexibility index (Phi) is 6.43. The second-order valence-corrected chi connectivity index (χ2v) is 5.41. The van der Waals surface area contributed by atoms with E-state index in [-0.39, 0.29) is 12.0 Å². The van der Waals surface area contributed by atoms with Crippen LogP contribution in [0.2, 0.25) is 0 Å². The summed E-state index contributed by atoms with van der Waals surface area (Å²) in [6.07, 6.45) is 1.95. The van der Waals surface area contributed by atoms with Crippen LogP contribution in [0.15, 0.2) is 0 Å². The van der Waals surface area contributed by atoms with Crippen LogP contribution in [0, 0.1) is 5.92 Å². The van der Waals surface area contributed by atoms with Gasteiger partial charge in [-0.15, -0.1) is 0 Å². The Morgan fingerprint density at radius 3 is 2.44 bits per heavy atom. The van der Waals surface area contributed by atoms with E-state index < -0.39 is 12.7 Å². The van der Waals surface area contributed by atoms with E-state index in [1.165, 1.54) is 4.90 Å². The molecule has 1 aliphatic rings. The summed E-state index contributed by atoms with van der Waals surface area (Å²) in [6.45, 7) is 2.11. The van der Waals surface area contributed by atoms with Gasteiger partial charge in [0, 0.05) is 12.6 Å². The van der Waals surface area contributed by atoms with Gasteiger partial charge in [-0.25, -0.2) is 0 Å². The first-order valence-electron chi connectivity index (χ1n) is 6.97. The van der Waals surface area contributed by atoms with E-state index in [2.05, 4.69) is 0 Å². The predicted octanol–water partition coefficient (Wildman–Crippen LogP) is 3.17. The van der Waals surface area contributed by atoms with Crippen LogP contribution in [0.25, 0.3) is 0 Å². The lowest BCUT2D eigenvalue weighted by Gasteiger charge is -2.30. The zero-order chi connectivity index (χ0) is 13.6. The van der Waals surface area contributed by atoms with Crippen LogP contribution in [0.5, 0.6) is 0 Å². The minimum Gasteiger partial charge on any atom is -0.327 e. The highest BCUT2D eigenvalue weighted by Gasteiger charge is 2.32. The Bertz CT molecular complexity index is 231. The van der Waals surface area contributed by atoms with Crippen LogP contribution >= 0.6 is 0 Å². The molecule has 1 fully saturated rings. The van der Waals surface area contributed by atoms with Crippen molar-refractivity contribution >= 4 is 0 Å². The number of hydrogen-bond acceptors (Lipinski definition) is 2. The van der Waals surface area contributed by atoms with E-state index in [1.54, 1.807) is 0 Å². The van der Waals surface area contributed by atoms with E-state index in [9.17, 15) is 13.2 Å². The fourth-order valence-electron chi connectivity index (χ4n) is 2.78. The average Bonchev–Trinajstić information content (AvgIpc) is 2.42. The summed E-state index contributed by atoms with van der Waals surface area (Å²) >= 11 is 0. The van der Waals surface area contributed by atoms with Crippen molar-refractivity contribution in [3.63, 3.8) is 0 Å². The highest BCUT2D eigenvalue weighted by Crippen LogP contribution is 2.25. The van der Waals surface area contributed by atoms with Gasteiger partial charge in [0.1, 0.15) is 0 Å². The largest absolute Gasteiger partial charge is 0.401 e. The lowest BCUT2D eigenvalue weighted by Crippen LogP contribution is -2.42. The van der Waals surface area contributed by atoms with Gasteiger partial charge < -0.3 is 5.73 Å². The maximum absolute atomic E-state index is 12.5. The summed E-state index contributed by atoms with van der Waals surface area (Å²) in [6, 6.07) is 0.0695. The zero-order valence-electron chi connectivity index (χ0n) is 11.2. The molecule has 2 nitrogen and oxygen atoms in total. The summed E-state index contributed by atoms with van der Waals surface area (Å²) in [4.78, 5) is 1.52. The standard InChI is InChI=1S/C13H25F3N2/c1-2-8-18(10-13(14,15)16)9-11-6-4-3-5-7-12(11)17/h11-12H,2-10,17H2,1H3. The van der Waals surface area contributed by atoms with Crippen molar-refractivity contribution in [2.24, 2.45) is 11.7 Å². The first-order valence-corrected chi connectivity index (χ1v) is 6.97. The summed E-state index contributed by atoms with van der Waals surface area (Å²) in [5.41, 5.74) is 6.08. The lowest BCUT2D eigenvalue weighted by atomic mass is 9.95. The number of alkyl halides is 3. The molecule has 108 valence electrons. The molecule has 2 atom stereocenters. The van der Waals surface area contributed by atoms with Crippen molar-refractivity contribution in [2.45, 2.75) is 57.7 Å². The van der Waals surface area contributed by atoms with Gasteiger partial charge in [0.05, 0.1) is 6.54 Å². The molecule has 0 saturated heterocycles. The summed E-state index contributed by atoms with van der Waals surface area (Å²) in [5, 5.41) is 0. The molecule has 2 unspecified atom stereocenters. The minimum absolute atomic E-state index is 0.0695. The van der Waals surface area contributed by atoms with Gasteiger partial charge in [-0.2, -0.15) is 13.2 Å². The van der Waals surface area contributed by atoms with Crippen molar-refractivity contribution in [3.8, 4) is 0 Å². The van der Waals surface area contributed by atoms with Crippen molar-refractivity contribution in [1.29, 1.82) is 0 Å². The smallest absolute Gasteiger partial charge is 0.327 e. The van der Waals surface area contributed by atoms with Gasteiger partial charge >= 0.3 is 6.18 Å². The van der Waals surface area contributed by atoms with Crippen LogP contribution in [0.4, 0.5) is 13.2 Å². The summed E-state index contributed by atoms with van der Waals surface area (Å²) < 4.78 is 37.5. The van der Waals surface area contributed by atoms with E-state index in [0.29, 0.717) is 13.1 Å². The Morgan fingerprint density at radius 2 is 1.83 bits per heavy atom. The molecule has 0 radical (unpaired) electrons. The molecule has 1 aliphatic carbocycles. The Labute approximate surface area is 108 Å². The van der Waals surface area contributed by atoms with Gasteiger partial charge in [-0.05, 0) is 31.7 Å². The molecule has 1 saturated carbocycles.